The Morgan fingerprint density at radius 2 is 2.11 bits per heavy atom. The van der Waals surface area contributed by atoms with Crippen LogP contribution in [0.1, 0.15) is 28.5 Å². The van der Waals surface area contributed by atoms with Crippen molar-refractivity contribution in [2.45, 2.75) is 26.8 Å². The molecular formula is C14H17ClN2OS. The molecule has 5 heteroatoms. The first kappa shape index (κ1) is 14.2. The summed E-state index contributed by atoms with van der Waals surface area (Å²) < 4.78 is 5.22. The highest BCUT2D eigenvalue weighted by atomic mass is 35.5. The maximum absolute atomic E-state index is 6.20. The number of ether oxygens (including phenoxy) is 1. The predicted molar refractivity (Wildman–Crippen MR) is 81.6 cm³/mol. The number of hydrogen-bond donors (Lipinski definition) is 1. The minimum Gasteiger partial charge on any atom is -0.497 e. The van der Waals surface area contributed by atoms with E-state index < -0.39 is 0 Å². The molecule has 1 aromatic heterocycles. The van der Waals surface area contributed by atoms with Gasteiger partial charge in [0.25, 0.3) is 0 Å². The summed E-state index contributed by atoms with van der Waals surface area (Å²) in [6, 6.07) is 5.75. The summed E-state index contributed by atoms with van der Waals surface area (Å²) in [4.78, 5) is 5.68. The maximum Gasteiger partial charge on any atom is 0.121 e. The first-order valence-electron chi connectivity index (χ1n) is 6.05. The fourth-order valence-electron chi connectivity index (χ4n) is 1.99. The molecule has 2 rings (SSSR count). The van der Waals surface area contributed by atoms with E-state index in [4.69, 9.17) is 16.3 Å². The fourth-order valence-corrected chi connectivity index (χ4v) is 3.09. The minimum absolute atomic E-state index is 0.163. The van der Waals surface area contributed by atoms with Crippen molar-refractivity contribution in [3.8, 4) is 5.75 Å². The van der Waals surface area contributed by atoms with E-state index in [-0.39, 0.29) is 6.04 Å². The molecule has 1 N–H and O–H groups in total. The van der Waals surface area contributed by atoms with E-state index in [0.717, 1.165) is 22.1 Å². The highest BCUT2D eigenvalue weighted by Crippen LogP contribution is 2.32. The monoisotopic (exact) mass is 296 g/mol. The van der Waals surface area contributed by atoms with Crippen molar-refractivity contribution in [3.05, 3.63) is 38.8 Å². The molecule has 19 heavy (non-hydrogen) atoms. The van der Waals surface area contributed by atoms with E-state index in [0.29, 0.717) is 5.02 Å². The lowest BCUT2D eigenvalue weighted by atomic mass is 10.2. The zero-order chi connectivity index (χ0) is 14.0. The number of aryl methyl sites for hydroxylation is 2. The molecule has 0 aliphatic rings. The standard InChI is InChI=1S/C14H17ClN2OS/c1-8-14(19-10(3)16-8)9(2)17-13-7-11(18-4)5-6-12(13)15/h5-7,9,17H,1-4H3. The second-order valence-corrected chi connectivity index (χ2v) is 6.04. The van der Waals surface area contributed by atoms with Crippen molar-refractivity contribution < 1.29 is 4.74 Å². The van der Waals surface area contributed by atoms with E-state index in [1.807, 2.05) is 32.0 Å². The first-order valence-corrected chi connectivity index (χ1v) is 7.24. The van der Waals surface area contributed by atoms with Gasteiger partial charge in [0.15, 0.2) is 0 Å². The van der Waals surface area contributed by atoms with Crippen LogP contribution in [0.2, 0.25) is 5.02 Å². The molecule has 1 unspecified atom stereocenters. The van der Waals surface area contributed by atoms with Crippen molar-refractivity contribution in [3.63, 3.8) is 0 Å². The second kappa shape index (κ2) is 5.80. The number of aromatic nitrogens is 1. The topological polar surface area (TPSA) is 34.1 Å². The van der Waals surface area contributed by atoms with Crippen molar-refractivity contribution in [1.29, 1.82) is 0 Å². The van der Waals surface area contributed by atoms with Gasteiger partial charge in [-0.25, -0.2) is 4.98 Å². The summed E-state index contributed by atoms with van der Waals surface area (Å²) in [5.74, 6) is 0.788. The lowest BCUT2D eigenvalue weighted by Gasteiger charge is -2.16. The summed E-state index contributed by atoms with van der Waals surface area (Å²) in [7, 11) is 1.65. The van der Waals surface area contributed by atoms with E-state index >= 15 is 0 Å². The Bertz CT molecular complexity index is 583. The third kappa shape index (κ3) is 3.19. The lowest BCUT2D eigenvalue weighted by Crippen LogP contribution is -2.06. The van der Waals surface area contributed by atoms with Crippen LogP contribution in [0.15, 0.2) is 18.2 Å². The minimum atomic E-state index is 0.163. The molecule has 0 aliphatic carbocycles. The van der Waals surface area contributed by atoms with Crippen LogP contribution in [0, 0.1) is 13.8 Å². The van der Waals surface area contributed by atoms with E-state index in [1.165, 1.54) is 4.88 Å². The summed E-state index contributed by atoms with van der Waals surface area (Å²) in [6.07, 6.45) is 0. The van der Waals surface area contributed by atoms with Crippen molar-refractivity contribution >= 4 is 28.6 Å². The number of benzene rings is 1. The summed E-state index contributed by atoms with van der Waals surface area (Å²) in [6.45, 7) is 6.16. The average Bonchev–Trinajstić information content (AvgIpc) is 2.71. The molecule has 2 aromatic rings. The van der Waals surface area contributed by atoms with Crippen LogP contribution in [0.25, 0.3) is 0 Å². The Hall–Kier alpha value is -1.26. The summed E-state index contributed by atoms with van der Waals surface area (Å²) >= 11 is 7.91. The highest BCUT2D eigenvalue weighted by Gasteiger charge is 2.14. The first-order chi connectivity index (χ1) is 9.01. The molecule has 0 amide bonds. The molecule has 1 atom stereocenters. The van der Waals surface area contributed by atoms with Crippen molar-refractivity contribution in [1.82, 2.24) is 4.98 Å². The number of hydrogen-bond acceptors (Lipinski definition) is 4. The van der Waals surface area contributed by atoms with Gasteiger partial charge in [-0.3, -0.25) is 0 Å². The van der Waals surface area contributed by atoms with Crippen molar-refractivity contribution in [2.24, 2.45) is 0 Å². The van der Waals surface area contributed by atoms with Crippen molar-refractivity contribution in [2.75, 3.05) is 12.4 Å². The van der Waals surface area contributed by atoms with Crippen LogP contribution in [0.4, 0.5) is 5.69 Å². The Labute approximate surface area is 122 Å². The van der Waals surface area contributed by atoms with Gasteiger partial charge in [0.2, 0.25) is 0 Å². The molecule has 102 valence electrons. The summed E-state index contributed by atoms with van der Waals surface area (Å²) in [5, 5.41) is 5.18. The number of rotatable bonds is 4. The molecule has 0 aliphatic heterocycles. The van der Waals surface area contributed by atoms with Crippen LogP contribution in [0.5, 0.6) is 5.75 Å². The van der Waals surface area contributed by atoms with E-state index in [9.17, 15) is 0 Å². The molecule has 0 saturated carbocycles. The molecule has 3 nitrogen and oxygen atoms in total. The van der Waals surface area contributed by atoms with Crippen LogP contribution >= 0.6 is 22.9 Å². The number of thiazole rings is 1. The van der Waals surface area contributed by atoms with Gasteiger partial charge in [0, 0.05) is 10.9 Å². The number of anilines is 1. The highest BCUT2D eigenvalue weighted by molar-refractivity contribution is 7.11. The number of nitrogens with one attached hydrogen (secondary N) is 1. The van der Waals surface area contributed by atoms with Gasteiger partial charge in [0.1, 0.15) is 5.75 Å². The Kier molecular flexibility index (Phi) is 4.32. The molecule has 1 heterocycles. The Balaban J connectivity index is 2.23. The Morgan fingerprint density at radius 1 is 1.37 bits per heavy atom. The third-order valence-corrected chi connectivity index (χ3v) is 4.46. The SMILES string of the molecule is COc1ccc(Cl)c(NC(C)c2sc(C)nc2C)c1. The normalized spacial score (nSPS) is 12.3. The van der Waals surface area contributed by atoms with Gasteiger partial charge in [-0.2, -0.15) is 0 Å². The largest absolute Gasteiger partial charge is 0.497 e. The zero-order valence-electron chi connectivity index (χ0n) is 11.5. The second-order valence-electron chi connectivity index (χ2n) is 4.39. The van der Waals surface area contributed by atoms with Gasteiger partial charge < -0.3 is 10.1 Å². The van der Waals surface area contributed by atoms with Gasteiger partial charge in [-0.05, 0) is 32.9 Å². The fraction of sp³-hybridized carbons (Fsp3) is 0.357. The van der Waals surface area contributed by atoms with Gasteiger partial charge in [0.05, 0.1) is 34.6 Å². The van der Waals surface area contributed by atoms with E-state index in [1.54, 1.807) is 18.4 Å². The lowest BCUT2D eigenvalue weighted by molar-refractivity contribution is 0.415. The number of nitrogens with zero attached hydrogens (tertiary/aromatic N) is 1. The molecule has 0 fully saturated rings. The maximum atomic E-state index is 6.20. The predicted octanol–water partition coefficient (Wildman–Crippen LogP) is 4.60. The Morgan fingerprint density at radius 3 is 2.68 bits per heavy atom. The van der Waals surface area contributed by atoms with Gasteiger partial charge >= 0.3 is 0 Å². The third-order valence-electron chi connectivity index (χ3n) is 2.88. The number of methoxy groups -OCH3 is 1. The van der Waals surface area contributed by atoms with Gasteiger partial charge in [-0.1, -0.05) is 11.6 Å². The zero-order valence-corrected chi connectivity index (χ0v) is 13.0. The molecule has 1 aromatic carbocycles. The van der Waals surface area contributed by atoms with Crippen LogP contribution in [0.3, 0.4) is 0 Å². The molecular weight excluding hydrogens is 280 g/mol. The molecule has 0 saturated heterocycles. The van der Waals surface area contributed by atoms with E-state index in [2.05, 4.69) is 17.2 Å². The molecule has 0 bridgehead atoms. The molecule has 0 spiro atoms. The quantitative estimate of drug-likeness (QED) is 0.895. The van der Waals surface area contributed by atoms with Crippen LogP contribution in [-0.2, 0) is 0 Å². The smallest absolute Gasteiger partial charge is 0.121 e. The number of halogens is 1. The van der Waals surface area contributed by atoms with Crippen LogP contribution < -0.4 is 10.1 Å². The molecule has 0 radical (unpaired) electrons. The average molecular weight is 297 g/mol. The van der Waals surface area contributed by atoms with Gasteiger partial charge in [-0.15, -0.1) is 11.3 Å². The van der Waals surface area contributed by atoms with Crippen LogP contribution in [-0.4, -0.2) is 12.1 Å². The summed E-state index contributed by atoms with van der Waals surface area (Å²) in [5.41, 5.74) is 1.94.